The molecular formula is C23H29N3O5. The van der Waals surface area contributed by atoms with E-state index in [1.807, 2.05) is 38.1 Å². The van der Waals surface area contributed by atoms with Crippen LogP contribution in [0.25, 0.3) is 0 Å². The maximum atomic E-state index is 13.1. The lowest BCUT2D eigenvalue weighted by Crippen LogP contribution is -2.62. The summed E-state index contributed by atoms with van der Waals surface area (Å²) in [4.78, 5) is 25.8. The van der Waals surface area contributed by atoms with E-state index in [0.717, 1.165) is 11.1 Å². The molecule has 0 heterocycles. The molecule has 31 heavy (non-hydrogen) atoms. The third-order valence-electron chi connectivity index (χ3n) is 5.57. The van der Waals surface area contributed by atoms with Crippen LogP contribution in [0.4, 0.5) is 0 Å². The van der Waals surface area contributed by atoms with E-state index in [0.29, 0.717) is 12.0 Å². The Morgan fingerprint density at radius 2 is 1.81 bits per heavy atom. The number of benzene rings is 2. The zero-order valence-electron chi connectivity index (χ0n) is 17.6. The lowest BCUT2D eigenvalue weighted by molar-refractivity contribution is -0.140. The first-order valence-electron chi connectivity index (χ1n) is 10.3. The molecule has 0 radical (unpaired) electrons. The van der Waals surface area contributed by atoms with Crippen LogP contribution in [0.5, 0.6) is 5.75 Å². The maximum Gasteiger partial charge on any atom is 0.264 e. The van der Waals surface area contributed by atoms with Gasteiger partial charge >= 0.3 is 0 Å². The zero-order chi connectivity index (χ0) is 22.6. The number of aliphatic hydroxyl groups excluding tert-OH is 1. The van der Waals surface area contributed by atoms with Crippen molar-refractivity contribution in [2.45, 2.75) is 56.8 Å². The summed E-state index contributed by atoms with van der Waals surface area (Å²) in [6.07, 6.45) is -0.664. The number of phenols is 1. The number of amides is 2. The van der Waals surface area contributed by atoms with Gasteiger partial charge in [-0.05, 0) is 36.6 Å². The largest absolute Gasteiger partial charge is 0.508 e. The van der Waals surface area contributed by atoms with Crippen LogP contribution in [-0.4, -0.2) is 44.9 Å². The quantitative estimate of drug-likeness (QED) is 0.278. The normalized spacial score (nSPS) is 19.5. The number of hydrogen-bond acceptors (Lipinski definition) is 6. The molecule has 8 heteroatoms. The van der Waals surface area contributed by atoms with Crippen molar-refractivity contribution in [2.24, 2.45) is 0 Å². The van der Waals surface area contributed by atoms with Gasteiger partial charge in [-0.1, -0.05) is 42.5 Å². The zero-order valence-corrected chi connectivity index (χ0v) is 17.6. The summed E-state index contributed by atoms with van der Waals surface area (Å²) in [5.74, 6) is -1.26. The molecule has 2 aromatic rings. The monoisotopic (exact) mass is 427 g/mol. The highest BCUT2D eigenvalue weighted by atomic mass is 16.5. The highest BCUT2D eigenvalue weighted by Crippen LogP contribution is 2.32. The minimum absolute atomic E-state index is 0.0104. The third kappa shape index (κ3) is 5.04. The molecule has 0 spiro atoms. The minimum Gasteiger partial charge on any atom is -0.508 e. The Kier molecular flexibility index (Phi) is 6.94. The van der Waals surface area contributed by atoms with Crippen molar-refractivity contribution in [1.82, 2.24) is 16.1 Å². The number of hydroxylamine groups is 1. The van der Waals surface area contributed by atoms with Gasteiger partial charge in [0, 0.05) is 18.9 Å². The van der Waals surface area contributed by atoms with Gasteiger partial charge in [0.25, 0.3) is 5.91 Å². The first-order chi connectivity index (χ1) is 14.8. The van der Waals surface area contributed by atoms with E-state index in [1.165, 1.54) is 6.07 Å². The number of phenolic OH excluding ortho intramolecular Hbond substituents is 1. The van der Waals surface area contributed by atoms with Gasteiger partial charge in [0.2, 0.25) is 5.91 Å². The standard InChI is InChI=1S/C23H29N3O5/c1-14(2)25-23(22(30)26-31,12-16-8-4-6-10-18(16)27)13-20(29)24-21-17-9-5-3-7-15(17)11-19(21)28/h3-10,14,19,21,25,27-28,31H,11-13H2,1-2H3,(H,24,29)(H,26,30)/t19-,21+,23+/m1/s1. The first kappa shape index (κ1) is 22.7. The molecule has 0 saturated heterocycles. The number of hydrogen-bond donors (Lipinski definition) is 6. The summed E-state index contributed by atoms with van der Waals surface area (Å²) in [6, 6.07) is 13.3. The van der Waals surface area contributed by atoms with E-state index < -0.39 is 29.5 Å². The molecule has 0 saturated carbocycles. The number of aromatic hydroxyl groups is 1. The van der Waals surface area contributed by atoms with Crippen LogP contribution in [0.2, 0.25) is 0 Å². The number of carbonyl (C=O) groups excluding carboxylic acids is 2. The second-order valence-corrected chi connectivity index (χ2v) is 8.32. The van der Waals surface area contributed by atoms with Gasteiger partial charge in [0.05, 0.1) is 18.6 Å². The molecule has 3 rings (SSSR count). The Balaban J connectivity index is 1.87. The SMILES string of the molecule is CC(C)N[C@](CC(=O)N[C@H]1c2ccccc2C[C@H]1O)(Cc1ccccc1O)C(=O)NO. The molecule has 1 aliphatic carbocycles. The first-order valence-corrected chi connectivity index (χ1v) is 10.3. The van der Waals surface area contributed by atoms with Crippen LogP contribution in [0, 0.1) is 0 Å². The highest BCUT2D eigenvalue weighted by Gasteiger charge is 2.43. The van der Waals surface area contributed by atoms with Crippen LogP contribution in [-0.2, 0) is 22.4 Å². The van der Waals surface area contributed by atoms with Crippen LogP contribution in [0.15, 0.2) is 48.5 Å². The average Bonchev–Trinajstić information content (AvgIpc) is 3.03. The summed E-state index contributed by atoms with van der Waals surface area (Å²) in [5.41, 5.74) is 2.41. The predicted octanol–water partition coefficient (Wildman–Crippen LogP) is 1.34. The van der Waals surface area contributed by atoms with Crippen LogP contribution in [0.1, 0.15) is 43.0 Å². The van der Waals surface area contributed by atoms with E-state index in [1.54, 1.807) is 23.7 Å². The smallest absolute Gasteiger partial charge is 0.264 e. The van der Waals surface area contributed by atoms with E-state index in [-0.39, 0.29) is 24.6 Å². The number of carbonyl (C=O) groups is 2. The fourth-order valence-electron chi connectivity index (χ4n) is 4.28. The second-order valence-electron chi connectivity index (χ2n) is 8.32. The average molecular weight is 428 g/mol. The fraction of sp³-hybridized carbons (Fsp3) is 0.391. The van der Waals surface area contributed by atoms with Crippen LogP contribution in [0.3, 0.4) is 0 Å². The summed E-state index contributed by atoms with van der Waals surface area (Å²) in [5, 5.41) is 36.0. The lowest BCUT2D eigenvalue weighted by Gasteiger charge is -2.35. The maximum absolute atomic E-state index is 13.1. The predicted molar refractivity (Wildman–Crippen MR) is 114 cm³/mol. The topological polar surface area (TPSA) is 131 Å². The molecule has 0 aliphatic heterocycles. The van der Waals surface area contributed by atoms with Gasteiger partial charge < -0.3 is 20.8 Å². The van der Waals surface area contributed by atoms with Crippen LogP contribution < -0.4 is 16.1 Å². The Bertz CT molecular complexity index is 948. The van der Waals surface area contributed by atoms with Crippen molar-refractivity contribution >= 4 is 11.8 Å². The van der Waals surface area contributed by atoms with E-state index in [2.05, 4.69) is 10.6 Å². The Morgan fingerprint density at radius 1 is 1.13 bits per heavy atom. The van der Waals surface area contributed by atoms with Gasteiger partial charge in [0.15, 0.2) is 0 Å². The molecule has 2 aromatic carbocycles. The number of fused-ring (bicyclic) bond motifs is 1. The van der Waals surface area contributed by atoms with Crippen molar-refractivity contribution in [3.63, 3.8) is 0 Å². The fourth-order valence-corrected chi connectivity index (χ4v) is 4.28. The van der Waals surface area contributed by atoms with E-state index >= 15 is 0 Å². The molecule has 1 aliphatic rings. The van der Waals surface area contributed by atoms with Crippen molar-refractivity contribution in [3.8, 4) is 5.75 Å². The number of rotatable bonds is 8. The van der Waals surface area contributed by atoms with E-state index in [9.17, 15) is 25.0 Å². The summed E-state index contributed by atoms with van der Waals surface area (Å²) in [6.45, 7) is 3.64. The second kappa shape index (κ2) is 9.47. The highest BCUT2D eigenvalue weighted by molar-refractivity contribution is 5.92. The molecule has 0 fully saturated rings. The van der Waals surface area contributed by atoms with Gasteiger partial charge in [-0.3, -0.25) is 14.8 Å². The molecule has 0 bridgehead atoms. The van der Waals surface area contributed by atoms with Crippen molar-refractivity contribution in [2.75, 3.05) is 0 Å². The Morgan fingerprint density at radius 3 is 2.48 bits per heavy atom. The molecule has 6 N–H and O–H groups in total. The van der Waals surface area contributed by atoms with Gasteiger partial charge in [-0.15, -0.1) is 0 Å². The summed E-state index contributed by atoms with van der Waals surface area (Å²) in [7, 11) is 0. The molecule has 166 valence electrons. The van der Waals surface area contributed by atoms with Gasteiger partial charge in [0.1, 0.15) is 11.3 Å². The van der Waals surface area contributed by atoms with Crippen LogP contribution >= 0.6 is 0 Å². The lowest BCUT2D eigenvalue weighted by atomic mass is 9.85. The van der Waals surface area contributed by atoms with Gasteiger partial charge in [-0.2, -0.15) is 0 Å². The number of para-hydroxylation sites is 1. The number of nitrogens with one attached hydrogen (secondary N) is 3. The molecule has 2 amide bonds. The van der Waals surface area contributed by atoms with Crippen molar-refractivity contribution in [3.05, 3.63) is 65.2 Å². The third-order valence-corrected chi connectivity index (χ3v) is 5.57. The molecular weight excluding hydrogens is 398 g/mol. The Hall–Kier alpha value is -2.94. The van der Waals surface area contributed by atoms with Crippen molar-refractivity contribution < 1.29 is 25.0 Å². The number of aliphatic hydroxyl groups is 1. The summed E-state index contributed by atoms with van der Waals surface area (Å²) >= 11 is 0. The molecule has 3 atom stereocenters. The Labute approximate surface area is 181 Å². The molecule has 0 aromatic heterocycles. The van der Waals surface area contributed by atoms with Gasteiger partial charge in [-0.25, -0.2) is 5.48 Å². The minimum atomic E-state index is -1.52. The molecule has 8 nitrogen and oxygen atoms in total. The molecule has 0 unspecified atom stereocenters. The summed E-state index contributed by atoms with van der Waals surface area (Å²) < 4.78 is 0. The van der Waals surface area contributed by atoms with Crippen molar-refractivity contribution in [1.29, 1.82) is 0 Å². The van der Waals surface area contributed by atoms with E-state index in [4.69, 9.17) is 0 Å².